The van der Waals surface area contributed by atoms with Crippen LogP contribution in [0.25, 0.3) is 0 Å². The molecular formula is C9H12BrNO2. The van der Waals surface area contributed by atoms with E-state index in [0.717, 1.165) is 16.6 Å². The normalized spacial score (nSPS) is 10.0. The number of hydroxylamine groups is 1. The fourth-order valence-electron chi connectivity index (χ4n) is 0.898. The van der Waals surface area contributed by atoms with Crippen LogP contribution in [0.3, 0.4) is 0 Å². The Morgan fingerprint density at radius 2 is 2.31 bits per heavy atom. The Kier molecular flexibility index (Phi) is 4.82. The molecule has 0 bridgehead atoms. The van der Waals surface area contributed by atoms with Crippen LogP contribution in [0.4, 0.5) is 0 Å². The summed E-state index contributed by atoms with van der Waals surface area (Å²) in [4.78, 5) is 0. The third-order valence-corrected chi connectivity index (χ3v) is 1.99. The number of ether oxygens (including phenoxy) is 1. The van der Waals surface area contributed by atoms with E-state index in [-0.39, 0.29) is 0 Å². The van der Waals surface area contributed by atoms with Gasteiger partial charge < -0.3 is 9.94 Å². The quantitative estimate of drug-likeness (QED) is 0.618. The SMILES string of the molecule is ONCCCOc1cccc(Br)c1. The van der Waals surface area contributed by atoms with Gasteiger partial charge in [-0.2, -0.15) is 0 Å². The van der Waals surface area contributed by atoms with Gasteiger partial charge in [-0.25, -0.2) is 5.48 Å². The second-order valence-electron chi connectivity index (χ2n) is 2.57. The molecule has 0 saturated carbocycles. The third kappa shape index (κ3) is 4.26. The first-order chi connectivity index (χ1) is 6.33. The van der Waals surface area contributed by atoms with Crippen molar-refractivity contribution < 1.29 is 9.94 Å². The number of nitrogens with one attached hydrogen (secondary N) is 1. The van der Waals surface area contributed by atoms with Crippen LogP contribution in [0.5, 0.6) is 5.75 Å². The average molecular weight is 246 g/mol. The van der Waals surface area contributed by atoms with E-state index in [9.17, 15) is 0 Å². The first-order valence-electron chi connectivity index (χ1n) is 4.08. The molecule has 0 aliphatic rings. The van der Waals surface area contributed by atoms with Crippen molar-refractivity contribution in [1.82, 2.24) is 5.48 Å². The van der Waals surface area contributed by atoms with Gasteiger partial charge in [0.05, 0.1) is 6.61 Å². The van der Waals surface area contributed by atoms with E-state index < -0.39 is 0 Å². The summed E-state index contributed by atoms with van der Waals surface area (Å²) in [5.74, 6) is 0.840. The lowest BCUT2D eigenvalue weighted by Gasteiger charge is -2.05. The van der Waals surface area contributed by atoms with Crippen LogP contribution >= 0.6 is 15.9 Å². The molecule has 13 heavy (non-hydrogen) atoms. The van der Waals surface area contributed by atoms with Gasteiger partial charge in [0.25, 0.3) is 0 Å². The summed E-state index contributed by atoms with van der Waals surface area (Å²) in [6.45, 7) is 1.15. The zero-order valence-electron chi connectivity index (χ0n) is 7.16. The van der Waals surface area contributed by atoms with Crippen molar-refractivity contribution in [3.05, 3.63) is 28.7 Å². The zero-order chi connectivity index (χ0) is 9.52. The number of halogens is 1. The first kappa shape index (κ1) is 10.5. The molecule has 0 aliphatic carbocycles. The lowest BCUT2D eigenvalue weighted by Crippen LogP contribution is -2.12. The van der Waals surface area contributed by atoms with Crippen LogP contribution in [-0.4, -0.2) is 18.4 Å². The van der Waals surface area contributed by atoms with Crippen LogP contribution < -0.4 is 10.2 Å². The second kappa shape index (κ2) is 5.96. The Labute approximate surface area is 85.8 Å². The average Bonchev–Trinajstić information content (AvgIpc) is 2.13. The van der Waals surface area contributed by atoms with Crippen molar-refractivity contribution in [1.29, 1.82) is 0 Å². The van der Waals surface area contributed by atoms with Crippen molar-refractivity contribution in [3.8, 4) is 5.75 Å². The highest BCUT2D eigenvalue weighted by Gasteiger charge is 1.93. The van der Waals surface area contributed by atoms with Gasteiger partial charge >= 0.3 is 0 Å². The number of rotatable bonds is 5. The summed E-state index contributed by atoms with van der Waals surface area (Å²) in [5.41, 5.74) is 2.08. The molecule has 2 N–H and O–H groups in total. The molecule has 0 atom stereocenters. The van der Waals surface area contributed by atoms with Gasteiger partial charge in [-0.05, 0) is 24.6 Å². The summed E-state index contributed by atoms with van der Waals surface area (Å²) in [6.07, 6.45) is 0.781. The molecule has 0 heterocycles. The molecule has 1 rings (SSSR count). The molecule has 72 valence electrons. The molecule has 0 spiro atoms. The van der Waals surface area contributed by atoms with Crippen LogP contribution in [0.15, 0.2) is 28.7 Å². The van der Waals surface area contributed by atoms with Crippen molar-refractivity contribution >= 4 is 15.9 Å². The zero-order valence-corrected chi connectivity index (χ0v) is 8.75. The van der Waals surface area contributed by atoms with Crippen LogP contribution in [0.2, 0.25) is 0 Å². The molecular weight excluding hydrogens is 234 g/mol. The van der Waals surface area contributed by atoms with E-state index in [1.54, 1.807) is 0 Å². The van der Waals surface area contributed by atoms with E-state index in [0.29, 0.717) is 13.2 Å². The minimum absolute atomic E-state index is 0.550. The Bertz CT molecular complexity index is 255. The van der Waals surface area contributed by atoms with E-state index in [1.807, 2.05) is 24.3 Å². The summed E-state index contributed by atoms with van der Waals surface area (Å²) < 4.78 is 6.41. The van der Waals surface area contributed by atoms with Crippen molar-refractivity contribution in [2.45, 2.75) is 6.42 Å². The van der Waals surface area contributed by atoms with E-state index in [2.05, 4.69) is 21.4 Å². The third-order valence-electron chi connectivity index (χ3n) is 1.50. The molecule has 4 heteroatoms. The van der Waals surface area contributed by atoms with Gasteiger partial charge in [0.1, 0.15) is 5.75 Å². The molecule has 1 aromatic carbocycles. The van der Waals surface area contributed by atoms with Gasteiger partial charge in [-0.1, -0.05) is 22.0 Å². The van der Waals surface area contributed by atoms with Crippen molar-refractivity contribution in [3.63, 3.8) is 0 Å². The summed E-state index contributed by atoms with van der Waals surface area (Å²) in [5, 5.41) is 8.29. The Balaban J connectivity index is 2.28. The highest BCUT2D eigenvalue weighted by Crippen LogP contribution is 2.17. The predicted molar refractivity (Wildman–Crippen MR) is 54.0 cm³/mol. The van der Waals surface area contributed by atoms with Crippen molar-refractivity contribution in [2.75, 3.05) is 13.2 Å². The smallest absolute Gasteiger partial charge is 0.120 e. The molecule has 0 aliphatic heterocycles. The maximum atomic E-state index is 8.29. The lowest BCUT2D eigenvalue weighted by molar-refractivity contribution is 0.157. The van der Waals surface area contributed by atoms with Gasteiger partial charge in [0.15, 0.2) is 0 Å². The fraction of sp³-hybridized carbons (Fsp3) is 0.333. The summed E-state index contributed by atoms with van der Waals surface area (Å²) >= 11 is 3.35. The first-order valence-corrected chi connectivity index (χ1v) is 4.87. The molecule has 0 radical (unpaired) electrons. The van der Waals surface area contributed by atoms with Gasteiger partial charge in [0, 0.05) is 11.0 Å². The highest BCUT2D eigenvalue weighted by atomic mass is 79.9. The van der Waals surface area contributed by atoms with E-state index in [1.165, 1.54) is 0 Å². The molecule has 0 saturated heterocycles. The van der Waals surface area contributed by atoms with Crippen LogP contribution in [-0.2, 0) is 0 Å². The summed E-state index contributed by atoms with van der Waals surface area (Å²) in [6, 6.07) is 7.68. The molecule has 0 amide bonds. The van der Waals surface area contributed by atoms with Crippen LogP contribution in [0, 0.1) is 0 Å². The number of hydrogen-bond acceptors (Lipinski definition) is 3. The van der Waals surface area contributed by atoms with Gasteiger partial charge in [0.2, 0.25) is 0 Å². The predicted octanol–water partition coefficient (Wildman–Crippen LogP) is 2.20. The Morgan fingerprint density at radius 3 is 3.00 bits per heavy atom. The Hall–Kier alpha value is -0.580. The minimum Gasteiger partial charge on any atom is -0.494 e. The maximum Gasteiger partial charge on any atom is 0.120 e. The van der Waals surface area contributed by atoms with E-state index >= 15 is 0 Å². The standard InChI is InChI=1S/C9H12BrNO2/c10-8-3-1-4-9(7-8)13-6-2-5-11-12/h1,3-4,7,11-12H,2,5-6H2. The topological polar surface area (TPSA) is 41.5 Å². The summed E-state index contributed by atoms with van der Waals surface area (Å²) in [7, 11) is 0. The Morgan fingerprint density at radius 1 is 1.46 bits per heavy atom. The minimum atomic E-state index is 0.550. The fourth-order valence-corrected chi connectivity index (χ4v) is 1.28. The van der Waals surface area contributed by atoms with E-state index in [4.69, 9.17) is 9.94 Å². The number of hydrogen-bond donors (Lipinski definition) is 2. The van der Waals surface area contributed by atoms with Crippen LogP contribution in [0.1, 0.15) is 6.42 Å². The van der Waals surface area contributed by atoms with Gasteiger partial charge in [-0.15, -0.1) is 0 Å². The monoisotopic (exact) mass is 245 g/mol. The highest BCUT2D eigenvalue weighted by molar-refractivity contribution is 9.10. The molecule has 3 nitrogen and oxygen atoms in total. The van der Waals surface area contributed by atoms with Crippen molar-refractivity contribution in [2.24, 2.45) is 0 Å². The molecule has 0 aromatic heterocycles. The molecule has 1 aromatic rings. The van der Waals surface area contributed by atoms with Gasteiger partial charge in [-0.3, -0.25) is 0 Å². The largest absolute Gasteiger partial charge is 0.494 e. The number of benzene rings is 1. The lowest BCUT2D eigenvalue weighted by atomic mass is 10.3. The molecule has 0 unspecified atom stereocenters. The second-order valence-corrected chi connectivity index (χ2v) is 3.48. The maximum absolute atomic E-state index is 8.29. The molecule has 0 fully saturated rings.